The number of nitrogen functional groups attached to an aromatic ring is 1. The summed E-state index contributed by atoms with van der Waals surface area (Å²) in [5, 5.41) is 56.4. The maximum absolute atomic E-state index is 11.8. The van der Waals surface area contributed by atoms with Crippen molar-refractivity contribution in [1.29, 1.82) is 0 Å². The van der Waals surface area contributed by atoms with Crippen molar-refractivity contribution in [2.45, 2.75) is 9.79 Å². The molecule has 214 valence electrons. The summed E-state index contributed by atoms with van der Waals surface area (Å²) in [4.78, 5) is 8.67. The molecule has 21 heteroatoms. The Bertz CT molecular complexity index is 2030. The van der Waals surface area contributed by atoms with Gasteiger partial charge in [0.1, 0.15) is 34.3 Å². The van der Waals surface area contributed by atoms with Gasteiger partial charge >= 0.3 is 0 Å². The fraction of sp³-hybridized carbons (Fsp3) is 0. The van der Waals surface area contributed by atoms with Crippen molar-refractivity contribution in [3.63, 3.8) is 0 Å². The molecule has 4 aromatic rings. The molecule has 0 fully saturated rings. The summed E-state index contributed by atoms with van der Waals surface area (Å²) in [5.41, 5.74) is 4.13. The molecule has 0 saturated carbocycles. The van der Waals surface area contributed by atoms with Crippen LogP contribution in [-0.4, -0.2) is 105 Å². The molecule has 4 rings (SSSR count). The Balaban J connectivity index is 0.00000323. The van der Waals surface area contributed by atoms with E-state index in [0.29, 0.717) is 6.07 Å². The predicted molar refractivity (Wildman–Crippen MR) is 152 cm³/mol. The molecule has 0 saturated heterocycles. The van der Waals surface area contributed by atoms with Gasteiger partial charge in [-0.25, -0.2) is 0 Å². The predicted octanol–water partition coefficient (Wildman–Crippen LogP) is 4.01. The number of phenolic OH excluding ortho intramolecular Hbond substituents is 3. The van der Waals surface area contributed by atoms with Crippen molar-refractivity contribution >= 4 is 124 Å². The second-order valence-electron chi connectivity index (χ2n) is 8.16. The summed E-state index contributed by atoms with van der Waals surface area (Å²) in [5.74, 6) is -1.94. The Morgan fingerprint density at radius 3 is 1.70 bits per heavy atom. The zero-order chi connectivity index (χ0) is 30.3. The molecule has 4 aromatic carbocycles. The van der Waals surface area contributed by atoms with Crippen LogP contribution in [0.15, 0.2) is 84.8 Å². The maximum atomic E-state index is 11.8. The Morgan fingerprint density at radius 2 is 1.19 bits per heavy atom. The minimum atomic E-state index is -4.88. The molecule has 17 nitrogen and oxygen atoms in total. The van der Waals surface area contributed by atoms with E-state index in [-0.39, 0.29) is 98.3 Å². The summed E-state index contributed by atoms with van der Waals surface area (Å²) in [7, 11) is -9.70. The first-order valence-corrected chi connectivity index (χ1v) is 13.6. The molecule has 0 atom stereocenters. The van der Waals surface area contributed by atoms with E-state index in [2.05, 4.69) is 20.5 Å². The molecule has 0 aliphatic rings. The van der Waals surface area contributed by atoms with Gasteiger partial charge in [0, 0.05) is 83.4 Å². The third kappa shape index (κ3) is 8.23. The zero-order valence-corrected chi connectivity index (χ0v) is 27.6. The van der Waals surface area contributed by atoms with Crippen LogP contribution in [0.3, 0.4) is 0 Å². The number of hydrogen-bond acceptors (Lipinski definition) is 14. The molecule has 0 aliphatic carbocycles. The molecular formula is C22H16N6Na2O11S2. The standard InChI is InChI=1S/C22H16N6O11S2.2Na/c23-14-5-11(1-2-18(14)28(32)33)24-25-15-8-16(20(30)9-19(15)29)26-27-17-6-12(40(34,35)36)3-10-4-13(41(37,38)39)7-21(31)22(10)17;;/h1-9,29-31H,23H2,(H,34,35,36)(H,37,38,39);;. The van der Waals surface area contributed by atoms with E-state index in [1.54, 1.807) is 0 Å². The van der Waals surface area contributed by atoms with Gasteiger partial charge in [0.25, 0.3) is 25.9 Å². The molecule has 0 amide bonds. The van der Waals surface area contributed by atoms with Crippen molar-refractivity contribution in [3.8, 4) is 17.2 Å². The molecule has 43 heavy (non-hydrogen) atoms. The molecule has 0 aromatic heterocycles. The molecular weight excluding hydrogens is 634 g/mol. The maximum Gasteiger partial charge on any atom is 0.294 e. The second kappa shape index (κ2) is 13.6. The number of nitrogens with two attached hydrogens (primary N) is 1. The smallest absolute Gasteiger partial charge is 0.294 e. The van der Waals surface area contributed by atoms with Crippen molar-refractivity contribution in [2.24, 2.45) is 20.5 Å². The van der Waals surface area contributed by atoms with E-state index in [0.717, 1.165) is 42.5 Å². The number of nitrogens with zero attached hydrogens (tertiary/aromatic N) is 5. The Morgan fingerprint density at radius 1 is 0.674 bits per heavy atom. The summed E-state index contributed by atoms with van der Waals surface area (Å²) in [6.45, 7) is 0. The summed E-state index contributed by atoms with van der Waals surface area (Å²) < 4.78 is 65.5. The van der Waals surface area contributed by atoms with Crippen LogP contribution in [0.2, 0.25) is 0 Å². The molecule has 0 aliphatic heterocycles. The first-order chi connectivity index (χ1) is 19.0. The first kappa shape index (κ1) is 36.0. The van der Waals surface area contributed by atoms with Crippen molar-refractivity contribution in [3.05, 3.63) is 64.7 Å². The topological polar surface area (TPSA) is 288 Å². The Hall–Kier alpha value is -3.24. The van der Waals surface area contributed by atoms with Crippen LogP contribution >= 0.6 is 0 Å². The molecule has 0 heterocycles. The van der Waals surface area contributed by atoms with Gasteiger partial charge in [0.05, 0.1) is 31.5 Å². The number of azo groups is 2. The zero-order valence-electron chi connectivity index (χ0n) is 22.0. The van der Waals surface area contributed by atoms with Crippen LogP contribution in [0, 0.1) is 10.1 Å². The third-order valence-electron chi connectivity index (χ3n) is 5.37. The minimum absolute atomic E-state index is 0. The number of nitro groups is 1. The van der Waals surface area contributed by atoms with Crippen LogP contribution in [0.1, 0.15) is 0 Å². The van der Waals surface area contributed by atoms with Crippen molar-refractivity contribution in [2.75, 3.05) is 5.73 Å². The van der Waals surface area contributed by atoms with Crippen LogP contribution in [0.5, 0.6) is 17.2 Å². The summed E-state index contributed by atoms with van der Waals surface area (Å²) in [6.07, 6.45) is 0. The molecule has 0 unspecified atom stereocenters. The van der Waals surface area contributed by atoms with E-state index >= 15 is 0 Å². The van der Waals surface area contributed by atoms with Crippen LogP contribution in [0.4, 0.5) is 34.1 Å². The Labute approximate surface area is 286 Å². The van der Waals surface area contributed by atoms with Gasteiger partial charge in [-0.1, -0.05) is 0 Å². The normalized spacial score (nSPS) is 11.9. The van der Waals surface area contributed by atoms with Gasteiger partial charge in [-0.2, -0.15) is 21.9 Å². The van der Waals surface area contributed by atoms with Crippen LogP contribution in [0.25, 0.3) is 10.8 Å². The number of phenols is 3. The number of nitro benzene ring substituents is 1. The number of rotatable bonds is 7. The number of fused-ring (bicyclic) bond motifs is 1. The molecule has 7 N–H and O–H groups in total. The second-order valence-corrected chi connectivity index (χ2v) is 11.0. The Kier molecular flexibility index (Phi) is 11.4. The SMILES string of the molecule is Nc1cc(N=Nc2cc(N=Nc3cc(S(=O)(=O)O)cc4cc(S(=O)(=O)O)cc(O)c34)c(O)cc2O)ccc1[N+](=O)[O-].[Na].[Na]. The largest absolute Gasteiger partial charge is 0.507 e. The summed E-state index contributed by atoms with van der Waals surface area (Å²) in [6, 6.07) is 8.44. The van der Waals surface area contributed by atoms with Gasteiger partial charge in [0.2, 0.25) is 0 Å². The van der Waals surface area contributed by atoms with Gasteiger partial charge in [-0.05, 0) is 35.7 Å². The monoisotopic (exact) mass is 650 g/mol. The van der Waals surface area contributed by atoms with Gasteiger partial charge in [-0.15, -0.1) is 15.3 Å². The first-order valence-electron chi connectivity index (χ1n) is 10.7. The number of anilines is 1. The number of benzene rings is 4. The minimum Gasteiger partial charge on any atom is -0.507 e. The van der Waals surface area contributed by atoms with Gasteiger partial charge in [0.15, 0.2) is 0 Å². The quantitative estimate of drug-likeness (QED) is 0.0413. The number of aromatic hydroxyl groups is 3. The molecule has 0 bridgehead atoms. The van der Waals surface area contributed by atoms with Crippen molar-refractivity contribution < 1.29 is 46.2 Å². The molecule has 0 spiro atoms. The average molecular weight is 651 g/mol. The van der Waals surface area contributed by atoms with E-state index in [9.17, 15) is 51.4 Å². The van der Waals surface area contributed by atoms with Crippen LogP contribution in [-0.2, 0) is 20.2 Å². The van der Waals surface area contributed by atoms with E-state index in [1.807, 2.05) is 0 Å². The van der Waals surface area contributed by atoms with Gasteiger partial charge < -0.3 is 21.1 Å². The summed E-state index contributed by atoms with van der Waals surface area (Å²) >= 11 is 0. The third-order valence-corrected chi connectivity index (χ3v) is 7.03. The fourth-order valence-corrected chi connectivity index (χ4v) is 4.57. The molecule has 2 radical (unpaired) electrons. The van der Waals surface area contributed by atoms with E-state index in [1.165, 1.54) is 6.07 Å². The van der Waals surface area contributed by atoms with Crippen LogP contribution < -0.4 is 5.73 Å². The fourth-order valence-electron chi connectivity index (χ4n) is 3.50. The van der Waals surface area contributed by atoms with Crippen molar-refractivity contribution in [1.82, 2.24) is 0 Å². The number of hydrogen-bond donors (Lipinski definition) is 6. The average Bonchev–Trinajstić information content (AvgIpc) is 2.85. The van der Waals surface area contributed by atoms with E-state index < -0.39 is 57.9 Å². The van der Waals surface area contributed by atoms with Gasteiger partial charge in [-0.3, -0.25) is 19.2 Å². The van der Waals surface area contributed by atoms with E-state index in [4.69, 9.17) is 5.73 Å².